The molecule has 0 bridgehead atoms. The van der Waals surface area contributed by atoms with E-state index in [-0.39, 0.29) is 17.3 Å². The van der Waals surface area contributed by atoms with Crippen molar-refractivity contribution in [1.29, 1.82) is 0 Å². The number of carbonyl (C=O) groups is 1. The number of ether oxygens (including phenoxy) is 1. The molecule has 0 aliphatic heterocycles. The number of aryl methyl sites for hydroxylation is 1. The quantitative estimate of drug-likeness (QED) is 0.400. The molecule has 0 amide bonds. The lowest BCUT2D eigenvalue weighted by atomic mass is 9.63. The Morgan fingerprint density at radius 3 is 2.64 bits per heavy atom. The van der Waals surface area contributed by atoms with Crippen LogP contribution in [0.1, 0.15) is 70.1 Å². The maximum atomic E-state index is 12.2. The molecule has 0 unspecified atom stereocenters. The molecule has 2 N–H and O–H groups in total. The van der Waals surface area contributed by atoms with Crippen LogP contribution in [0.2, 0.25) is 0 Å². The summed E-state index contributed by atoms with van der Waals surface area (Å²) in [6, 6.07) is 8.16. The summed E-state index contributed by atoms with van der Waals surface area (Å²) in [5, 5.41) is 15.6. The average Bonchev–Trinajstić information content (AvgIpc) is 3.29. The third-order valence-electron chi connectivity index (χ3n) is 6.97. The number of carbonyl (C=O) groups excluding carboxylic acids is 1. The van der Waals surface area contributed by atoms with Gasteiger partial charge < -0.3 is 15.2 Å². The predicted molar refractivity (Wildman–Crippen MR) is 143 cm³/mol. The number of rotatable bonds is 5. The van der Waals surface area contributed by atoms with Crippen LogP contribution in [0.5, 0.6) is 0 Å². The van der Waals surface area contributed by atoms with Gasteiger partial charge in [0.1, 0.15) is 10.6 Å². The fraction of sp³-hybridized carbons (Fsp3) is 0.500. The van der Waals surface area contributed by atoms with Crippen LogP contribution in [-0.4, -0.2) is 33.1 Å². The van der Waals surface area contributed by atoms with Gasteiger partial charge in [-0.25, -0.2) is 15.0 Å². The molecule has 0 spiro atoms. The third kappa shape index (κ3) is 5.44. The van der Waals surface area contributed by atoms with E-state index in [0.717, 1.165) is 27.4 Å². The van der Waals surface area contributed by atoms with Crippen molar-refractivity contribution < 1.29 is 14.6 Å². The van der Waals surface area contributed by atoms with Crippen molar-refractivity contribution in [3.05, 3.63) is 52.9 Å². The lowest BCUT2D eigenvalue weighted by molar-refractivity contribution is -0.157. The second kappa shape index (κ2) is 9.56. The summed E-state index contributed by atoms with van der Waals surface area (Å²) in [5.41, 5.74) is 2.44. The van der Waals surface area contributed by atoms with Crippen LogP contribution < -0.4 is 5.32 Å². The highest BCUT2D eigenvalue weighted by Crippen LogP contribution is 2.51. The van der Waals surface area contributed by atoms with Crippen molar-refractivity contribution in [2.45, 2.75) is 71.8 Å². The second-order valence-corrected chi connectivity index (χ2v) is 12.6. The van der Waals surface area contributed by atoms with E-state index in [1.165, 1.54) is 18.4 Å². The number of nitrogens with one attached hydrogen (secondary N) is 1. The summed E-state index contributed by atoms with van der Waals surface area (Å²) in [4.78, 5) is 26.9. The van der Waals surface area contributed by atoms with Gasteiger partial charge in [0.2, 0.25) is 5.95 Å². The number of aromatic nitrogens is 3. The third-order valence-corrected chi connectivity index (χ3v) is 8.21. The van der Waals surface area contributed by atoms with E-state index >= 15 is 0 Å². The van der Waals surface area contributed by atoms with E-state index < -0.39 is 11.0 Å². The molecule has 2 heterocycles. The lowest BCUT2D eigenvalue weighted by Crippen LogP contribution is -2.45. The summed E-state index contributed by atoms with van der Waals surface area (Å²) < 4.78 is 5.00. The predicted octanol–water partition coefficient (Wildman–Crippen LogP) is 6.14. The van der Waals surface area contributed by atoms with E-state index in [2.05, 4.69) is 59.2 Å². The summed E-state index contributed by atoms with van der Waals surface area (Å²) in [6.45, 7) is 12.5. The Bertz CT molecular complexity index is 1260. The zero-order chi connectivity index (χ0) is 26.3. The maximum Gasteiger partial charge on any atom is 0.309 e. The zero-order valence-corrected chi connectivity index (χ0v) is 23.0. The summed E-state index contributed by atoms with van der Waals surface area (Å²) in [5.74, 6) is 0.119. The molecule has 2 atom stereocenters. The van der Waals surface area contributed by atoms with E-state index in [1.807, 2.05) is 33.0 Å². The molecule has 1 aliphatic carbocycles. The molecule has 0 radical (unpaired) electrons. The monoisotopic (exact) mass is 508 g/mol. The van der Waals surface area contributed by atoms with Crippen LogP contribution in [0.15, 0.2) is 36.7 Å². The molecule has 7 nitrogen and oxygen atoms in total. The topological polar surface area (TPSA) is 97.2 Å². The highest BCUT2D eigenvalue weighted by molar-refractivity contribution is 7.15. The Labute approximate surface area is 217 Å². The van der Waals surface area contributed by atoms with Crippen LogP contribution >= 0.6 is 11.3 Å². The van der Waals surface area contributed by atoms with Gasteiger partial charge in [-0.05, 0) is 60.9 Å². The molecule has 3 aromatic rings. The minimum Gasteiger partial charge on any atom is -0.469 e. The van der Waals surface area contributed by atoms with Gasteiger partial charge in [-0.2, -0.15) is 0 Å². The smallest absolute Gasteiger partial charge is 0.309 e. The van der Waals surface area contributed by atoms with Crippen molar-refractivity contribution >= 4 is 28.9 Å². The number of hydrogen-bond donors (Lipinski definition) is 2. The molecule has 1 aromatic carbocycles. The Morgan fingerprint density at radius 1 is 1.22 bits per heavy atom. The highest BCUT2D eigenvalue weighted by Gasteiger charge is 2.49. The molecule has 1 saturated carbocycles. The van der Waals surface area contributed by atoms with E-state index in [9.17, 15) is 9.90 Å². The van der Waals surface area contributed by atoms with Gasteiger partial charge in [-0.3, -0.25) is 4.79 Å². The minimum absolute atomic E-state index is 0.0685. The van der Waals surface area contributed by atoms with E-state index in [1.54, 1.807) is 6.20 Å². The molecule has 0 saturated heterocycles. The van der Waals surface area contributed by atoms with Crippen LogP contribution in [0.3, 0.4) is 0 Å². The molecule has 192 valence electrons. The fourth-order valence-corrected chi connectivity index (χ4v) is 6.11. The van der Waals surface area contributed by atoms with Crippen molar-refractivity contribution in [3.8, 4) is 10.4 Å². The summed E-state index contributed by atoms with van der Waals surface area (Å²) >= 11 is 1.50. The molecule has 8 heteroatoms. The van der Waals surface area contributed by atoms with Crippen molar-refractivity contribution in [2.75, 3.05) is 12.4 Å². The van der Waals surface area contributed by atoms with E-state index in [0.29, 0.717) is 30.2 Å². The highest BCUT2D eigenvalue weighted by atomic mass is 32.1. The first kappa shape index (κ1) is 26.2. The molecular formula is C28H36N4O3S. The van der Waals surface area contributed by atoms with Crippen LogP contribution in [0.25, 0.3) is 10.4 Å². The first-order chi connectivity index (χ1) is 16.8. The van der Waals surface area contributed by atoms with Crippen molar-refractivity contribution in [3.63, 3.8) is 0 Å². The molecule has 2 aromatic heterocycles. The molecule has 1 aliphatic rings. The number of thiazole rings is 1. The van der Waals surface area contributed by atoms with Crippen molar-refractivity contribution in [2.24, 2.45) is 11.3 Å². The number of hydrogen-bond acceptors (Lipinski definition) is 8. The number of anilines is 2. The summed E-state index contributed by atoms with van der Waals surface area (Å²) in [6.07, 6.45) is 5.10. The van der Waals surface area contributed by atoms with Gasteiger partial charge in [-0.15, -0.1) is 11.3 Å². The van der Waals surface area contributed by atoms with E-state index in [4.69, 9.17) is 4.74 Å². The normalized spacial score (nSPS) is 21.7. The fourth-order valence-electron chi connectivity index (χ4n) is 5.09. The number of aliphatic hydroxyl groups is 1. The van der Waals surface area contributed by atoms with Crippen LogP contribution in [0.4, 0.5) is 11.6 Å². The van der Waals surface area contributed by atoms with Gasteiger partial charge in [0.05, 0.1) is 23.6 Å². The lowest BCUT2D eigenvalue weighted by Gasteiger charge is -2.44. The number of nitrogens with zero attached hydrogens (tertiary/aromatic N) is 3. The largest absolute Gasteiger partial charge is 0.469 e. The number of benzene rings is 1. The first-order valence-corrected chi connectivity index (χ1v) is 13.1. The summed E-state index contributed by atoms with van der Waals surface area (Å²) in [7, 11) is 1.42. The number of esters is 1. The van der Waals surface area contributed by atoms with Gasteiger partial charge in [0, 0.05) is 23.5 Å². The Kier molecular flexibility index (Phi) is 6.96. The van der Waals surface area contributed by atoms with Gasteiger partial charge >= 0.3 is 5.97 Å². The van der Waals surface area contributed by atoms with Crippen LogP contribution in [-0.2, 0) is 20.5 Å². The Hall–Kier alpha value is -2.84. The second-order valence-electron chi connectivity index (χ2n) is 11.6. The Balaban J connectivity index is 1.58. The molecule has 1 fully saturated rings. The zero-order valence-electron chi connectivity index (χ0n) is 22.2. The minimum atomic E-state index is -1.07. The van der Waals surface area contributed by atoms with Crippen LogP contribution in [0, 0.1) is 18.3 Å². The SMILES string of the molecule is COC(=O)[C@H]1CC[C@](O)(c2ncc(-c3cc(C)cc(Nc4nccc(C(C)(C)C)n4)c3)s2)CC1(C)C. The Morgan fingerprint density at radius 2 is 1.97 bits per heavy atom. The average molecular weight is 509 g/mol. The maximum absolute atomic E-state index is 12.2. The molecule has 36 heavy (non-hydrogen) atoms. The van der Waals surface area contributed by atoms with Crippen molar-refractivity contribution in [1.82, 2.24) is 15.0 Å². The van der Waals surface area contributed by atoms with Gasteiger partial charge in [0.25, 0.3) is 0 Å². The first-order valence-electron chi connectivity index (χ1n) is 12.3. The van der Waals surface area contributed by atoms with Gasteiger partial charge in [0.15, 0.2) is 0 Å². The van der Waals surface area contributed by atoms with Gasteiger partial charge in [-0.1, -0.05) is 40.7 Å². The molecular weight excluding hydrogens is 472 g/mol. The number of methoxy groups -OCH3 is 1. The molecule has 4 rings (SSSR count). The standard InChI is InChI=1S/C28H36N4O3S/c1-17-12-18(14-19(13-17)31-25-29-11-9-22(32-25)26(2,3)4)21-15-30-24(36-21)28(34)10-8-20(23(33)35-7)27(5,6)16-28/h9,11-15,20,34H,8,10,16H2,1-7H3,(H,29,31,32)/t20-,28-/m1/s1.